The molecule has 3 aromatic rings. The molecule has 0 atom stereocenters. The van der Waals surface area contributed by atoms with Crippen molar-refractivity contribution in [1.82, 2.24) is 5.32 Å². The summed E-state index contributed by atoms with van der Waals surface area (Å²) in [7, 11) is 0. The van der Waals surface area contributed by atoms with Gasteiger partial charge in [0.1, 0.15) is 11.5 Å². The number of thioether (sulfide) groups is 1. The van der Waals surface area contributed by atoms with E-state index in [0.29, 0.717) is 40.9 Å². The topological polar surface area (TPSA) is 134 Å². The van der Waals surface area contributed by atoms with Crippen molar-refractivity contribution in [3.05, 3.63) is 59.2 Å². The van der Waals surface area contributed by atoms with Crippen molar-refractivity contribution in [3.63, 3.8) is 0 Å². The van der Waals surface area contributed by atoms with Crippen LogP contribution >= 0.6 is 11.8 Å². The van der Waals surface area contributed by atoms with E-state index in [0.717, 1.165) is 18.6 Å². The Morgan fingerprint density at radius 1 is 0.979 bits per heavy atom. The summed E-state index contributed by atoms with van der Waals surface area (Å²) in [4.78, 5) is 37.6. The lowest BCUT2D eigenvalue weighted by atomic mass is 9.76. The third kappa shape index (κ3) is 10.0. The molecule has 0 saturated carbocycles. The smallest absolute Gasteiger partial charge is 0.411 e. The molecule has 3 aromatic carbocycles. The van der Waals surface area contributed by atoms with E-state index < -0.39 is 18.0 Å². The van der Waals surface area contributed by atoms with E-state index >= 15 is 0 Å². The molecule has 0 fully saturated rings. The minimum atomic E-state index is -0.951. The summed E-state index contributed by atoms with van der Waals surface area (Å²) >= 11 is 1.23. The molecular weight excluding hydrogens is 628 g/mol. The van der Waals surface area contributed by atoms with Gasteiger partial charge in [-0.25, -0.2) is 4.79 Å². The van der Waals surface area contributed by atoms with E-state index in [-0.39, 0.29) is 46.8 Å². The van der Waals surface area contributed by atoms with Gasteiger partial charge < -0.3 is 25.0 Å². The average molecular weight is 681 g/mol. The Morgan fingerprint density at radius 3 is 2.33 bits per heavy atom. The molecule has 48 heavy (non-hydrogen) atoms. The highest BCUT2D eigenvalue weighted by Gasteiger charge is 2.27. The first-order valence-corrected chi connectivity index (χ1v) is 17.7. The maximum atomic E-state index is 13.4. The Hall–Kier alpha value is -3.92. The van der Waals surface area contributed by atoms with Crippen molar-refractivity contribution in [2.24, 2.45) is 5.92 Å². The maximum Gasteiger partial charge on any atom is 0.411 e. The van der Waals surface area contributed by atoms with Gasteiger partial charge in [0.05, 0.1) is 30.9 Å². The molecule has 0 aliphatic carbocycles. The zero-order chi connectivity index (χ0) is 35.6. The van der Waals surface area contributed by atoms with E-state index in [1.54, 1.807) is 24.3 Å². The number of fused-ring (bicyclic) bond motifs is 1. The number of aromatic hydroxyl groups is 1. The van der Waals surface area contributed by atoms with Crippen LogP contribution in [0.1, 0.15) is 103 Å². The standard InChI is InChI=1S/C38H52N2O7S/c1-9-37(5,6)25-15-16-30(28(21-25)38(7,8)10-2)46-19-12-18-39-35(44)27-22-31(48-20-17-32(41)42)33-26(34(27)43)13-11-14-29(33)40-36(45)47-23-24(3)4/h11,13-16,21-22,24,43H,9-10,12,17-20,23H2,1-8H3,(H,39,44)(H,40,45)(H,41,42). The van der Waals surface area contributed by atoms with E-state index in [2.05, 4.69) is 70.4 Å². The first-order valence-electron chi connectivity index (χ1n) is 16.7. The van der Waals surface area contributed by atoms with E-state index in [1.165, 1.54) is 22.9 Å². The summed E-state index contributed by atoms with van der Waals surface area (Å²) in [5, 5.41) is 26.9. The largest absolute Gasteiger partial charge is 0.506 e. The normalized spacial score (nSPS) is 11.9. The molecule has 0 radical (unpaired) electrons. The summed E-state index contributed by atoms with van der Waals surface area (Å²) in [5.41, 5.74) is 2.88. The summed E-state index contributed by atoms with van der Waals surface area (Å²) in [6.45, 7) is 18.1. The van der Waals surface area contributed by atoms with Crippen molar-refractivity contribution in [2.45, 2.75) is 96.8 Å². The van der Waals surface area contributed by atoms with Crippen molar-refractivity contribution in [1.29, 1.82) is 0 Å². The molecule has 10 heteroatoms. The zero-order valence-corrected chi connectivity index (χ0v) is 30.4. The van der Waals surface area contributed by atoms with Gasteiger partial charge in [0, 0.05) is 33.5 Å². The number of amides is 2. The molecule has 0 aliphatic heterocycles. The molecule has 0 heterocycles. The summed E-state index contributed by atoms with van der Waals surface area (Å²) in [6, 6.07) is 13.0. The fourth-order valence-corrected chi connectivity index (χ4v) is 6.07. The summed E-state index contributed by atoms with van der Waals surface area (Å²) in [6.07, 6.45) is 1.78. The van der Waals surface area contributed by atoms with Crippen LogP contribution < -0.4 is 15.4 Å². The molecule has 3 rings (SSSR count). The summed E-state index contributed by atoms with van der Waals surface area (Å²) in [5.74, 6) is -0.431. The Kier molecular flexibility index (Phi) is 13.6. The lowest BCUT2D eigenvalue weighted by Crippen LogP contribution is -2.26. The van der Waals surface area contributed by atoms with Crippen molar-refractivity contribution < 1.29 is 34.1 Å². The molecule has 2 amide bonds. The quantitative estimate of drug-likeness (QED) is 0.0821. The van der Waals surface area contributed by atoms with Crippen LogP contribution in [0.3, 0.4) is 0 Å². The number of ether oxygens (including phenoxy) is 2. The number of carboxylic acid groups (broad SMARTS) is 1. The molecule has 0 unspecified atom stereocenters. The van der Waals surface area contributed by atoms with Crippen LogP contribution in [0.2, 0.25) is 0 Å². The van der Waals surface area contributed by atoms with E-state index in [4.69, 9.17) is 9.47 Å². The van der Waals surface area contributed by atoms with Gasteiger partial charge in [0.2, 0.25) is 0 Å². The number of hydrogen-bond donors (Lipinski definition) is 4. The Balaban J connectivity index is 1.78. The van der Waals surface area contributed by atoms with Crippen LogP contribution in [0.25, 0.3) is 10.8 Å². The zero-order valence-electron chi connectivity index (χ0n) is 29.6. The summed E-state index contributed by atoms with van der Waals surface area (Å²) < 4.78 is 11.5. The van der Waals surface area contributed by atoms with Gasteiger partial charge in [-0.3, -0.25) is 14.9 Å². The number of phenols is 1. The highest BCUT2D eigenvalue weighted by molar-refractivity contribution is 7.99. The molecule has 4 N–H and O–H groups in total. The lowest BCUT2D eigenvalue weighted by molar-refractivity contribution is -0.136. The van der Waals surface area contributed by atoms with E-state index in [1.807, 2.05) is 13.8 Å². The highest BCUT2D eigenvalue weighted by Crippen LogP contribution is 2.41. The van der Waals surface area contributed by atoms with Crippen molar-refractivity contribution in [2.75, 3.05) is 30.8 Å². The fourth-order valence-electron chi connectivity index (χ4n) is 5.01. The van der Waals surface area contributed by atoms with Crippen LogP contribution in [-0.4, -0.2) is 53.7 Å². The third-order valence-corrected chi connectivity index (χ3v) is 9.86. The predicted octanol–water partition coefficient (Wildman–Crippen LogP) is 8.89. The number of carbonyl (C=O) groups is 3. The Bertz CT molecular complexity index is 1600. The Labute approximate surface area is 289 Å². The highest BCUT2D eigenvalue weighted by atomic mass is 32.2. The molecule has 0 spiro atoms. The van der Waals surface area contributed by atoms with Gasteiger partial charge in [-0.05, 0) is 59.8 Å². The predicted molar refractivity (Wildman–Crippen MR) is 194 cm³/mol. The third-order valence-electron chi connectivity index (χ3n) is 8.82. The number of aliphatic carboxylic acids is 1. The first kappa shape index (κ1) is 38.5. The van der Waals surface area contributed by atoms with Gasteiger partial charge >= 0.3 is 12.1 Å². The van der Waals surface area contributed by atoms with Gasteiger partial charge in [-0.2, -0.15) is 0 Å². The minimum Gasteiger partial charge on any atom is -0.506 e. The molecule has 9 nitrogen and oxygen atoms in total. The number of benzene rings is 3. The van der Waals surface area contributed by atoms with Crippen LogP contribution in [0.15, 0.2) is 47.4 Å². The molecule has 0 bridgehead atoms. The maximum absolute atomic E-state index is 13.4. The SMILES string of the molecule is CCC(C)(C)c1ccc(OCCCNC(=O)c2cc(SCCC(=O)O)c3c(NC(=O)OCC(C)C)cccc3c2O)c(C(C)(C)CC)c1. The second-order valence-corrected chi connectivity index (χ2v) is 14.9. The molecular formula is C38H52N2O7S. The Morgan fingerprint density at radius 2 is 1.69 bits per heavy atom. The number of hydrogen-bond acceptors (Lipinski definition) is 7. The number of anilines is 1. The first-order chi connectivity index (χ1) is 22.6. The molecule has 262 valence electrons. The van der Waals surface area contributed by atoms with Crippen molar-refractivity contribution in [3.8, 4) is 11.5 Å². The van der Waals surface area contributed by atoms with Crippen molar-refractivity contribution >= 4 is 46.2 Å². The monoisotopic (exact) mass is 680 g/mol. The van der Waals surface area contributed by atoms with E-state index in [9.17, 15) is 24.6 Å². The molecule has 0 aliphatic rings. The lowest BCUT2D eigenvalue weighted by Gasteiger charge is -2.30. The molecule has 0 saturated heterocycles. The number of carboxylic acids is 1. The van der Waals surface area contributed by atoms with Crippen LogP contribution in [-0.2, 0) is 20.4 Å². The second-order valence-electron chi connectivity index (χ2n) is 13.8. The van der Waals surface area contributed by atoms with Crippen LogP contribution in [0.4, 0.5) is 10.5 Å². The number of rotatable bonds is 17. The molecule has 0 aromatic heterocycles. The van der Waals surface area contributed by atoms with Gasteiger partial charge in [0.25, 0.3) is 5.91 Å². The van der Waals surface area contributed by atoms with Crippen LogP contribution in [0.5, 0.6) is 11.5 Å². The number of carbonyl (C=O) groups excluding carboxylic acids is 2. The minimum absolute atomic E-state index is 0.0573. The van der Waals surface area contributed by atoms with Crippen LogP contribution in [0, 0.1) is 5.92 Å². The second kappa shape index (κ2) is 17.0. The average Bonchev–Trinajstić information content (AvgIpc) is 3.04. The number of phenolic OH excluding ortho intramolecular Hbond substituents is 1. The van der Waals surface area contributed by atoms with Gasteiger partial charge in [-0.1, -0.05) is 79.7 Å². The number of nitrogens with one attached hydrogen (secondary N) is 2. The fraction of sp³-hybridized carbons (Fsp3) is 0.500. The van der Waals surface area contributed by atoms with Gasteiger partial charge in [0.15, 0.2) is 0 Å². The van der Waals surface area contributed by atoms with Gasteiger partial charge in [-0.15, -0.1) is 11.8 Å².